The summed E-state index contributed by atoms with van der Waals surface area (Å²) in [5, 5.41) is 0. The maximum absolute atomic E-state index is 10.5. The third kappa shape index (κ3) is 4.53. The molecular weight excluding hydrogens is 432 g/mol. The molecule has 1 N–H and O–H groups in total. The Kier molecular flexibility index (Phi) is 7.47. The molecular formula is C27H37CuN2O. The molecule has 0 atom stereocenters. The number of nitrogens with zero attached hydrogens (tertiary/aromatic N) is 2. The van der Waals surface area contributed by atoms with Gasteiger partial charge in [-0.2, -0.15) is 0 Å². The molecule has 1 heterocycles. The number of aromatic nitrogens is 2. The topological polar surface area (TPSA) is 30.1 Å². The zero-order chi connectivity index (χ0) is 22.9. The molecule has 172 valence electrons. The molecule has 0 spiro atoms. The predicted octanol–water partition coefficient (Wildman–Crippen LogP) is 7.28. The van der Waals surface area contributed by atoms with Gasteiger partial charge in [0.2, 0.25) is 0 Å². The third-order valence-electron chi connectivity index (χ3n) is 5.95. The molecule has 0 aliphatic rings. The second-order valence-corrected chi connectivity index (χ2v) is 10.2. The number of hydrogen-bond acceptors (Lipinski definition) is 1. The van der Waals surface area contributed by atoms with Crippen molar-refractivity contribution in [3.63, 3.8) is 0 Å². The van der Waals surface area contributed by atoms with E-state index in [1.54, 1.807) is 0 Å². The van der Waals surface area contributed by atoms with Gasteiger partial charge < -0.3 is 0 Å². The number of hydrogen-bond donors (Lipinski definition) is 1. The van der Waals surface area contributed by atoms with Crippen LogP contribution in [0.5, 0.6) is 0 Å². The summed E-state index contributed by atoms with van der Waals surface area (Å²) in [4.78, 5) is 0. The van der Waals surface area contributed by atoms with Crippen molar-refractivity contribution in [1.29, 1.82) is 0 Å². The van der Waals surface area contributed by atoms with Crippen molar-refractivity contribution in [3.05, 3.63) is 75.4 Å². The quantitative estimate of drug-likeness (QED) is 0.378. The Morgan fingerprint density at radius 2 is 0.871 bits per heavy atom. The molecule has 1 aromatic heterocycles. The molecule has 3 rings (SSSR count). The molecule has 0 amide bonds. The van der Waals surface area contributed by atoms with Crippen LogP contribution in [0, 0.1) is 4.32 Å². The number of benzene rings is 2. The molecule has 2 aromatic carbocycles. The molecule has 31 heavy (non-hydrogen) atoms. The van der Waals surface area contributed by atoms with Crippen LogP contribution in [-0.2, 0) is 14.8 Å². The van der Waals surface area contributed by atoms with Crippen molar-refractivity contribution in [3.8, 4) is 11.4 Å². The van der Waals surface area contributed by atoms with Gasteiger partial charge in [-0.3, -0.25) is 0 Å². The Morgan fingerprint density at radius 3 is 1.10 bits per heavy atom. The van der Waals surface area contributed by atoms with E-state index in [-0.39, 0.29) is 0 Å². The van der Waals surface area contributed by atoms with Crippen LogP contribution >= 0.6 is 0 Å². The fourth-order valence-electron chi connectivity index (χ4n) is 4.32. The van der Waals surface area contributed by atoms with E-state index in [1.807, 2.05) is 0 Å². The Morgan fingerprint density at radius 1 is 0.581 bits per heavy atom. The summed E-state index contributed by atoms with van der Waals surface area (Å²) in [6, 6.07) is 13.2. The number of imidazole rings is 1. The van der Waals surface area contributed by atoms with Gasteiger partial charge >= 0.3 is 194 Å². The third-order valence-corrected chi connectivity index (χ3v) is 6.59. The Bertz CT molecular complexity index is 980. The Labute approximate surface area is 193 Å². The van der Waals surface area contributed by atoms with Crippen LogP contribution in [0.3, 0.4) is 0 Å². The fraction of sp³-hybridized carbons (Fsp3) is 0.444. The molecule has 4 heteroatoms. The van der Waals surface area contributed by atoms with Crippen LogP contribution in [0.25, 0.3) is 11.4 Å². The fourth-order valence-corrected chi connectivity index (χ4v) is 4.88. The van der Waals surface area contributed by atoms with Gasteiger partial charge in [0.05, 0.1) is 0 Å². The van der Waals surface area contributed by atoms with E-state index >= 15 is 0 Å². The van der Waals surface area contributed by atoms with E-state index < -0.39 is 0 Å². The summed E-state index contributed by atoms with van der Waals surface area (Å²) in [6.45, 7) is 17.9. The van der Waals surface area contributed by atoms with Crippen LogP contribution in [0.15, 0.2) is 48.8 Å². The first-order chi connectivity index (χ1) is 14.7. The molecule has 0 bridgehead atoms. The van der Waals surface area contributed by atoms with Crippen LogP contribution in [0.2, 0.25) is 0 Å². The first-order valence-electron chi connectivity index (χ1n) is 11.3. The molecule has 0 radical (unpaired) electrons. The van der Waals surface area contributed by atoms with E-state index in [9.17, 15) is 4.19 Å². The van der Waals surface area contributed by atoms with Crippen LogP contribution in [-0.4, -0.2) is 13.3 Å². The number of rotatable bonds is 6. The first-order valence-corrected chi connectivity index (χ1v) is 12.2. The molecule has 0 aliphatic carbocycles. The molecule has 0 saturated heterocycles. The van der Waals surface area contributed by atoms with Gasteiger partial charge in [-0.15, -0.1) is 0 Å². The van der Waals surface area contributed by atoms with Crippen molar-refractivity contribution in [1.82, 2.24) is 9.13 Å². The van der Waals surface area contributed by atoms with Gasteiger partial charge in [0.25, 0.3) is 0 Å². The standard InChI is InChI=1S/C27H36N2.Cu.H2O/c1-18(2)22-11-9-12-23(19(3)4)26(22)28-15-16-29(17-28)27-24(20(5)6)13-10-14-25(27)21(7)8;;/h9-16,18-21H,1-8H3;;1H2/q;+1;/p-1. The summed E-state index contributed by atoms with van der Waals surface area (Å²) >= 11 is 0.933. The van der Waals surface area contributed by atoms with Crippen molar-refractivity contribution in [2.45, 2.75) is 79.1 Å². The van der Waals surface area contributed by atoms with Crippen molar-refractivity contribution in [2.24, 2.45) is 0 Å². The average molecular weight is 469 g/mol. The van der Waals surface area contributed by atoms with Gasteiger partial charge in [0.1, 0.15) is 0 Å². The van der Waals surface area contributed by atoms with E-state index in [1.165, 1.54) is 33.6 Å². The Hall–Kier alpha value is -1.87. The zero-order valence-corrected chi connectivity index (χ0v) is 21.0. The monoisotopic (exact) mass is 468 g/mol. The minimum atomic E-state index is 0.383. The molecule has 0 saturated carbocycles. The van der Waals surface area contributed by atoms with E-state index in [0.717, 1.165) is 19.2 Å². The maximum atomic E-state index is 10.5. The van der Waals surface area contributed by atoms with Gasteiger partial charge in [-0.05, 0) is 0 Å². The summed E-state index contributed by atoms with van der Waals surface area (Å²) in [7, 11) is 0. The second-order valence-electron chi connectivity index (χ2n) is 9.53. The summed E-state index contributed by atoms with van der Waals surface area (Å²) in [6.07, 6.45) is 4.20. The number of para-hydroxylation sites is 2. The van der Waals surface area contributed by atoms with Crippen molar-refractivity contribution < 1.29 is 19.0 Å². The second kappa shape index (κ2) is 9.73. The average Bonchev–Trinajstić information content (AvgIpc) is 3.15. The van der Waals surface area contributed by atoms with Gasteiger partial charge in [0.15, 0.2) is 0 Å². The SMILES string of the molecule is CC(C)c1cccc(C(C)C)c1-n1ccn(-c2c(C(C)C)cccc2C(C)C)[c]1=[Cu][OH]. The molecule has 3 nitrogen and oxygen atoms in total. The summed E-state index contributed by atoms with van der Waals surface area (Å²) < 4.78 is 15.6. The van der Waals surface area contributed by atoms with E-state index in [4.69, 9.17) is 0 Å². The summed E-state index contributed by atoms with van der Waals surface area (Å²) in [5.41, 5.74) is 7.56. The van der Waals surface area contributed by atoms with Gasteiger partial charge in [-0.1, -0.05) is 0 Å². The minimum absolute atomic E-state index is 0.383. The van der Waals surface area contributed by atoms with Crippen LogP contribution in [0.4, 0.5) is 0 Å². The zero-order valence-electron chi connectivity index (χ0n) is 20.1. The predicted molar refractivity (Wildman–Crippen MR) is 127 cm³/mol. The first kappa shape index (κ1) is 23.8. The van der Waals surface area contributed by atoms with Gasteiger partial charge in [-0.25, -0.2) is 0 Å². The molecule has 0 unspecified atom stereocenters. The summed E-state index contributed by atoms with van der Waals surface area (Å²) in [5.74, 6) is 1.53. The van der Waals surface area contributed by atoms with E-state index in [2.05, 4.69) is 113 Å². The molecule has 0 aliphatic heterocycles. The Balaban J connectivity index is 2.40. The van der Waals surface area contributed by atoms with Gasteiger partial charge in [0, 0.05) is 0 Å². The van der Waals surface area contributed by atoms with Crippen molar-refractivity contribution >= 4 is 0 Å². The molecule has 3 aromatic rings. The van der Waals surface area contributed by atoms with Crippen LogP contribution in [0.1, 0.15) is 101 Å². The molecule has 0 fully saturated rings. The van der Waals surface area contributed by atoms with E-state index in [0.29, 0.717) is 23.7 Å². The van der Waals surface area contributed by atoms with Crippen molar-refractivity contribution in [2.75, 3.05) is 0 Å². The normalized spacial score (nSPS) is 12.2. The van der Waals surface area contributed by atoms with Crippen LogP contribution < -0.4 is 0 Å².